The van der Waals surface area contributed by atoms with Gasteiger partial charge in [-0.05, 0) is 28.1 Å². The summed E-state index contributed by atoms with van der Waals surface area (Å²) in [5, 5.41) is 0. The van der Waals surface area contributed by atoms with Crippen LogP contribution in [-0.2, 0) is 4.74 Å². The molecule has 0 radical (unpaired) electrons. The van der Waals surface area contributed by atoms with Crippen molar-refractivity contribution in [1.82, 2.24) is 4.98 Å². The van der Waals surface area contributed by atoms with Crippen LogP contribution in [0.25, 0.3) is 0 Å². The van der Waals surface area contributed by atoms with Crippen LogP contribution in [0.1, 0.15) is 6.42 Å². The number of nitrogens with zero attached hydrogens (tertiary/aromatic N) is 1. The molecule has 2 rings (SSSR count). The second kappa shape index (κ2) is 4.07. The van der Waals surface area contributed by atoms with E-state index in [1.165, 1.54) is 0 Å². The van der Waals surface area contributed by atoms with Crippen LogP contribution in [0.3, 0.4) is 0 Å². The number of rotatable bonds is 2. The van der Waals surface area contributed by atoms with E-state index < -0.39 is 0 Å². The third-order valence-electron chi connectivity index (χ3n) is 1.89. The van der Waals surface area contributed by atoms with Gasteiger partial charge in [0.05, 0.1) is 17.7 Å². The molecular weight excluding hydrogens is 234 g/mol. The lowest BCUT2D eigenvalue weighted by Crippen LogP contribution is -2.16. The Morgan fingerprint density at radius 3 is 3.23 bits per heavy atom. The van der Waals surface area contributed by atoms with E-state index in [1.54, 1.807) is 6.20 Å². The molecule has 1 aromatic heterocycles. The Kier molecular flexibility index (Phi) is 2.80. The van der Waals surface area contributed by atoms with Gasteiger partial charge in [-0.3, -0.25) is 0 Å². The second-order valence-electron chi connectivity index (χ2n) is 2.89. The van der Waals surface area contributed by atoms with Crippen LogP contribution in [0, 0.1) is 0 Å². The van der Waals surface area contributed by atoms with Gasteiger partial charge in [-0.1, -0.05) is 0 Å². The molecule has 0 aliphatic carbocycles. The molecular formula is C9H10BrNO2. The van der Waals surface area contributed by atoms with Crippen LogP contribution in [0.15, 0.2) is 22.8 Å². The summed E-state index contributed by atoms with van der Waals surface area (Å²) in [5.74, 6) is 0.651. The summed E-state index contributed by atoms with van der Waals surface area (Å²) in [7, 11) is 0. The normalized spacial score (nSPS) is 21.8. The minimum Gasteiger partial charge on any atom is -0.471 e. The molecule has 2 heterocycles. The second-order valence-corrected chi connectivity index (χ2v) is 3.75. The summed E-state index contributed by atoms with van der Waals surface area (Å²) in [6.45, 7) is 1.46. The van der Waals surface area contributed by atoms with Crippen molar-refractivity contribution in [1.29, 1.82) is 0 Å². The minimum absolute atomic E-state index is 0.159. The zero-order valence-electron chi connectivity index (χ0n) is 7.07. The predicted molar refractivity (Wildman–Crippen MR) is 51.8 cm³/mol. The lowest BCUT2D eigenvalue weighted by Gasteiger charge is -2.11. The number of hydrogen-bond acceptors (Lipinski definition) is 3. The fourth-order valence-electron chi connectivity index (χ4n) is 1.22. The summed E-state index contributed by atoms with van der Waals surface area (Å²) in [4.78, 5) is 4.12. The van der Waals surface area contributed by atoms with E-state index >= 15 is 0 Å². The van der Waals surface area contributed by atoms with Gasteiger partial charge in [0.25, 0.3) is 0 Å². The molecule has 1 aromatic rings. The first kappa shape index (κ1) is 8.97. The first-order valence-electron chi connectivity index (χ1n) is 4.21. The number of aromatic nitrogens is 1. The zero-order valence-corrected chi connectivity index (χ0v) is 8.66. The predicted octanol–water partition coefficient (Wildman–Crippen LogP) is 2.01. The van der Waals surface area contributed by atoms with E-state index in [0.717, 1.165) is 17.5 Å². The van der Waals surface area contributed by atoms with Crippen molar-refractivity contribution in [2.75, 3.05) is 13.2 Å². The maximum atomic E-state index is 5.62. The topological polar surface area (TPSA) is 31.4 Å². The van der Waals surface area contributed by atoms with E-state index in [1.807, 2.05) is 12.1 Å². The molecule has 1 atom stereocenters. The molecule has 0 bridgehead atoms. The van der Waals surface area contributed by atoms with Crippen LogP contribution in [0.5, 0.6) is 5.88 Å². The highest BCUT2D eigenvalue weighted by molar-refractivity contribution is 9.10. The van der Waals surface area contributed by atoms with E-state index in [0.29, 0.717) is 12.5 Å². The summed E-state index contributed by atoms with van der Waals surface area (Å²) in [6.07, 6.45) is 2.82. The van der Waals surface area contributed by atoms with Gasteiger partial charge in [0.1, 0.15) is 6.10 Å². The minimum atomic E-state index is 0.159. The highest BCUT2D eigenvalue weighted by Crippen LogP contribution is 2.23. The van der Waals surface area contributed by atoms with Gasteiger partial charge in [0, 0.05) is 12.6 Å². The molecule has 70 valence electrons. The monoisotopic (exact) mass is 243 g/mol. The fraction of sp³-hybridized carbons (Fsp3) is 0.444. The molecule has 1 aliphatic heterocycles. The van der Waals surface area contributed by atoms with Crippen LogP contribution in [0.2, 0.25) is 0 Å². The third kappa shape index (κ3) is 2.19. The summed E-state index contributed by atoms with van der Waals surface area (Å²) < 4.78 is 11.7. The van der Waals surface area contributed by atoms with Gasteiger partial charge in [0.2, 0.25) is 5.88 Å². The van der Waals surface area contributed by atoms with Gasteiger partial charge < -0.3 is 9.47 Å². The van der Waals surface area contributed by atoms with Crippen molar-refractivity contribution in [3.8, 4) is 5.88 Å². The van der Waals surface area contributed by atoms with Crippen molar-refractivity contribution in [3.05, 3.63) is 22.8 Å². The van der Waals surface area contributed by atoms with Gasteiger partial charge in [-0.2, -0.15) is 0 Å². The van der Waals surface area contributed by atoms with E-state index in [2.05, 4.69) is 20.9 Å². The number of halogens is 1. The first-order chi connectivity index (χ1) is 6.36. The van der Waals surface area contributed by atoms with Crippen molar-refractivity contribution in [2.45, 2.75) is 12.5 Å². The Morgan fingerprint density at radius 2 is 2.54 bits per heavy atom. The van der Waals surface area contributed by atoms with Gasteiger partial charge in [-0.15, -0.1) is 0 Å². The quantitative estimate of drug-likeness (QED) is 0.797. The standard InChI is InChI=1S/C9H10BrNO2/c10-8-2-1-4-11-9(8)13-7-3-5-12-6-7/h1-2,4,7H,3,5-6H2. The highest BCUT2D eigenvalue weighted by atomic mass is 79.9. The molecule has 1 fully saturated rings. The molecule has 3 nitrogen and oxygen atoms in total. The highest BCUT2D eigenvalue weighted by Gasteiger charge is 2.18. The molecule has 1 unspecified atom stereocenters. The van der Waals surface area contributed by atoms with Gasteiger partial charge >= 0.3 is 0 Å². The van der Waals surface area contributed by atoms with Crippen molar-refractivity contribution >= 4 is 15.9 Å². The average molecular weight is 244 g/mol. The van der Waals surface area contributed by atoms with E-state index in [4.69, 9.17) is 9.47 Å². The lowest BCUT2D eigenvalue weighted by atomic mass is 10.3. The van der Waals surface area contributed by atoms with Crippen LogP contribution in [0.4, 0.5) is 0 Å². The Morgan fingerprint density at radius 1 is 1.62 bits per heavy atom. The van der Waals surface area contributed by atoms with Gasteiger partial charge in [-0.25, -0.2) is 4.98 Å². The molecule has 4 heteroatoms. The Bertz CT molecular complexity index is 287. The van der Waals surface area contributed by atoms with Gasteiger partial charge in [0.15, 0.2) is 0 Å². The van der Waals surface area contributed by atoms with Crippen molar-refractivity contribution in [2.24, 2.45) is 0 Å². The summed E-state index contributed by atoms with van der Waals surface area (Å²) >= 11 is 3.38. The first-order valence-corrected chi connectivity index (χ1v) is 5.00. The summed E-state index contributed by atoms with van der Waals surface area (Å²) in [5.41, 5.74) is 0. The fourth-order valence-corrected chi connectivity index (χ4v) is 1.57. The average Bonchev–Trinajstić information content (AvgIpc) is 2.61. The molecule has 0 amide bonds. The SMILES string of the molecule is Brc1cccnc1OC1CCOC1. The lowest BCUT2D eigenvalue weighted by molar-refractivity contribution is 0.137. The van der Waals surface area contributed by atoms with Crippen molar-refractivity contribution < 1.29 is 9.47 Å². The Balaban J connectivity index is 2.04. The van der Waals surface area contributed by atoms with E-state index in [9.17, 15) is 0 Å². The maximum absolute atomic E-state index is 5.62. The smallest absolute Gasteiger partial charge is 0.228 e. The molecule has 1 aliphatic rings. The number of pyridine rings is 1. The van der Waals surface area contributed by atoms with Crippen LogP contribution in [-0.4, -0.2) is 24.3 Å². The van der Waals surface area contributed by atoms with Crippen LogP contribution < -0.4 is 4.74 Å². The molecule has 0 aromatic carbocycles. The third-order valence-corrected chi connectivity index (χ3v) is 2.49. The number of ether oxygens (including phenoxy) is 2. The van der Waals surface area contributed by atoms with Crippen LogP contribution >= 0.6 is 15.9 Å². The number of hydrogen-bond donors (Lipinski definition) is 0. The molecule has 0 N–H and O–H groups in total. The maximum Gasteiger partial charge on any atom is 0.228 e. The molecule has 13 heavy (non-hydrogen) atoms. The zero-order chi connectivity index (χ0) is 9.10. The largest absolute Gasteiger partial charge is 0.471 e. The van der Waals surface area contributed by atoms with E-state index in [-0.39, 0.29) is 6.10 Å². The summed E-state index contributed by atoms with van der Waals surface area (Å²) in [6, 6.07) is 3.78. The molecule has 0 saturated carbocycles. The van der Waals surface area contributed by atoms with Crippen molar-refractivity contribution in [3.63, 3.8) is 0 Å². The molecule has 0 spiro atoms. The Labute approximate surface area is 85.2 Å². The Hall–Kier alpha value is -0.610. The molecule has 1 saturated heterocycles.